The minimum Gasteiger partial charge on any atom is -0.389 e. The number of anilines is 1. The van der Waals surface area contributed by atoms with Gasteiger partial charge in [-0.2, -0.15) is 5.10 Å². The summed E-state index contributed by atoms with van der Waals surface area (Å²) in [5.74, 6) is 0.878. The number of nitrogens with zero attached hydrogens (tertiary/aromatic N) is 4. The lowest BCUT2D eigenvalue weighted by Gasteiger charge is -2.17. The highest BCUT2D eigenvalue weighted by molar-refractivity contribution is 5.39. The van der Waals surface area contributed by atoms with Crippen molar-refractivity contribution in [1.29, 1.82) is 0 Å². The molecule has 0 saturated heterocycles. The monoisotopic (exact) mass is 246 g/mol. The molecular weight excluding hydrogens is 228 g/mol. The molecule has 2 aromatic heterocycles. The molecule has 0 saturated carbocycles. The van der Waals surface area contributed by atoms with E-state index in [4.69, 9.17) is 0 Å². The van der Waals surface area contributed by atoms with Crippen LogP contribution in [0, 0.1) is 0 Å². The van der Waals surface area contributed by atoms with E-state index in [2.05, 4.69) is 10.1 Å². The largest absolute Gasteiger partial charge is 0.389 e. The van der Waals surface area contributed by atoms with Gasteiger partial charge in [0.15, 0.2) is 0 Å². The maximum Gasteiger partial charge on any atom is 0.128 e. The van der Waals surface area contributed by atoms with Gasteiger partial charge in [0.05, 0.1) is 12.3 Å². The van der Waals surface area contributed by atoms with Crippen LogP contribution in [0.4, 0.5) is 5.82 Å². The highest BCUT2D eigenvalue weighted by atomic mass is 16.3. The third-order valence-electron chi connectivity index (χ3n) is 2.82. The molecule has 5 nitrogen and oxygen atoms in total. The van der Waals surface area contributed by atoms with Crippen molar-refractivity contribution in [2.45, 2.75) is 19.6 Å². The highest BCUT2D eigenvalue weighted by Crippen LogP contribution is 2.16. The molecule has 18 heavy (non-hydrogen) atoms. The average molecular weight is 246 g/mol. The Balaban J connectivity index is 2.06. The molecule has 0 aliphatic heterocycles. The molecule has 0 bridgehead atoms. The van der Waals surface area contributed by atoms with Gasteiger partial charge in [-0.25, -0.2) is 4.98 Å². The Labute approximate surface area is 107 Å². The van der Waals surface area contributed by atoms with Gasteiger partial charge in [0.1, 0.15) is 5.82 Å². The van der Waals surface area contributed by atoms with Crippen LogP contribution >= 0.6 is 0 Å². The lowest BCUT2D eigenvalue weighted by molar-refractivity contribution is 0.199. The number of rotatable bonds is 4. The smallest absolute Gasteiger partial charge is 0.128 e. The van der Waals surface area contributed by atoms with Crippen molar-refractivity contribution in [3.05, 3.63) is 41.9 Å². The van der Waals surface area contributed by atoms with E-state index in [0.717, 1.165) is 23.5 Å². The normalized spacial score (nSPS) is 12.4. The molecule has 0 aromatic carbocycles. The topological polar surface area (TPSA) is 54.2 Å². The van der Waals surface area contributed by atoms with Crippen LogP contribution in [0.15, 0.2) is 30.7 Å². The van der Waals surface area contributed by atoms with Gasteiger partial charge < -0.3 is 10.0 Å². The number of aryl methyl sites for hydroxylation is 1. The fourth-order valence-corrected chi connectivity index (χ4v) is 1.78. The second-order valence-corrected chi connectivity index (χ2v) is 4.50. The molecule has 0 amide bonds. The zero-order valence-electron chi connectivity index (χ0n) is 10.9. The van der Waals surface area contributed by atoms with E-state index in [-0.39, 0.29) is 0 Å². The summed E-state index contributed by atoms with van der Waals surface area (Å²) in [6.07, 6.45) is 5.07. The molecule has 2 heterocycles. The zero-order chi connectivity index (χ0) is 13.1. The van der Waals surface area contributed by atoms with E-state index in [1.165, 1.54) is 0 Å². The number of pyridine rings is 1. The number of aromatic nitrogens is 3. The summed E-state index contributed by atoms with van der Waals surface area (Å²) in [4.78, 5) is 6.39. The first-order valence-electron chi connectivity index (χ1n) is 5.89. The first kappa shape index (κ1) is 12.6. The number of aliphatic hydroxyl groups excluding tert-OH is 1. The summed E-state index contributed by atoms with van der Waals surface area (Å²) >= 11 is 0. The third-order valence-corrected chi connectivity index (χ3v) is 2.82. The Morgan fingerprint density at radius 2 is 2.17 bits per heavy atom. The van der Waals surface area contributed by atoms with Gasteiger partial charge in [-0.05, 0) is 18.6 Å². The van der Waals surface area contributed by atoms with Crippen LogP contribution in [0.1, 0.15) is 24.2 Å². The highest BCUT2D eigenvalue weighted by Gasteiger charge is 2.06. The van der Waals surface area contributed by atoms with E-state index in [1.54, 1.807) is 17.8 Å². The van der Waals surface area contributed by atoms with Crippen molar-refractivity contribution in [3.8, 4) is 0 Å². The van der Waals surface area contributed by atoms with Crippen molar-refractivity contribution in [3.63, 3.8) is 0 Å². The third kappa shape index (κ3) is 2.87. The van der Waals surface area contributed by atoms with Crippen LogP contribution < -0.4 is 4.90 Å². The number of hydrogen-bond donors (Lipinski definition) is 1. The van der Waals surface area contributed by atoms with Crippen molar-refractivity contribution in [2.24, 2.45) is 7.05 Å². The molecule has 2 aromatic rings. The van der Waals surface area contributed by atoms with Crippen molar-refractivity contribution in [1.82, 2.24) is 14.8 Å². The van der Waals surface area contributed by atoms with Gasteiger partial charge in [-0.3, -0.25) is 4.68 Å². The van der Waals surface area contributed by atoms with E-state index >= 15 is 0 Å². The molecule has 0 aliphatic carbocycles. The molecule has 2 rings (SSSR count). The lowest BCUT2D eigenvalue weighted by Crippen LogP contribution is -2.17. The molecule has 0 aliphatic rings. The summed E-state index contributed by atoms with van der Waals surface area (Å²) in [6.45, 7) is 2.49. The maximum absolute atomic E-state index is 9.43. The molecule has 1 N–H and O–H groups in total. The predicted molar refractivity (Wildman–Crippen MR) is 70.2 cm³/mol. The molecular formula is C13H18N4O. The van der Waals surface area contributed by atoms with Crippen molar-refractivity contribution in [2.75, 3.05) is 11.9 Å². The van der Waals surface area contributed by atoms with Gasteiger partial charge in [0, 0.05) is 38.6 Å². The standard InChI is InChI=1S/C13H18N4O/c1-10(18)12-4-5-13(14-7-12)16(2)8-11-6-15-17(3)9-11/h4-7,9-10,18H,8H2,1-3H3/t10-/m0/s1. The molecule has 0 spiro atoms. The summed E-state index contributed by atoms with van der Waals surface area (Å²) in [5.41, 5.74) is 1.97. The Morgan fingerprint density at radius 1 is 1.39 bits per heavy atom. The minimum absolute atomic E-state index is 0.477. The Hall–Kier alpha value is -1.88. The van der Waals surface area contributed by atoms with E-state index in [0.29, 0.717) is 0 Å². The van der Waals surface area contributed by atoms with Gasteiger partial charge in [-0.15, -0.1) is 0 Å². The molecule has 96 valence electrons. The van der Waals surface area contributed by atoms with Crippen LogP contribution in [0.5, 0.6) is 0 Å². The van der Waals surface area contributed by atoms with Crippen LogP contribution in [0.25, 0.3) is 0 Å². The average Bonchev–Trinajstić information content (AvgIpc) is 2.75. The molecule has 1 atom stereocenters. The summed E-state index contributed by atoms with van der Waals surface area (Å²) in [7, 11) is 3.89. The molecule has 0 radical (unpaired) electrons. The Morgan fingerprint density at radius 3 is 2.67 bits per heavy atom. The van der Waals surface area contributed by atoms with Crippen LogP contribution in [-0.2, 0) is 13.6 Å². The van der Waals surface area contributed by atoms with Crippen LogP contribution in [0.2, 0.25) is 0 Å². The van der Waals surface area contributed by atoms with Crippen molar-refractivity contribution < 1.29 is 5.11 Å². The molecule has 0 fully saturated rings. The summed E-state index contributed by atoms with van der Waals surface area (Å²) < 4.78 is 1.78. The van der Waals surface area contributed by atoms with Crippen LogP contribution in [-0.4, -0.2) is 26.9 Å². The van der Waals surface area contributed by atoms with Gasteiger partial charge >= 0.3 is 0 Å². The first-order chi connectivity index (χ1) is 8.56. The summed E-state index contributed by atoms with van der Waals surface area (Å²) in [5, 5.41) is 13.6. The number of hydrogen-bond acceptors (Lipinski definition) is 4. The van der Waals surface area contributed by atoms with Gasteiger partial charge in [0.25, 0.3) is 0 Å². The Kier molecular flexibility index (Phi) is 3.62. The van der Waals surface area contributed by atoms with E-state index in [1.807, 2.05) is 43.5 Å². The quantitative estimate of drug-likeness (QED) is 0.888. The Bertz CT molecular complexity index is 504. The fraction of sp³-hybridized carbons (Fsp3) is 0.385. The predicted octanol–water partition coefficient (Wildman–Crippen LogP) is 1.50. The first-order valence-corrected chi connectivity index (χ1v) is 5.89. The fourth-order valence-electron chi connectivity index (χ4n) is 1.78. The van der Waals surface area contributed by atoms with E-state index < -0.39 is 6.10 Å². The van der Waals surface area contributed by atoms with Crippen LogP contribution in [0.3, 0.4) is 0 Å². The molecule has 5 heteroatoms. The van der Waals surface area contributed by atoms with E-state index in [9.17, 15) is 5.11 Å². The van der Waals surface area contributed by atoms with Crippen molar-refractivity contribution >= 4 is 5.82 Å². The SMILES string of the molecule is C[C@H](O)c1ccc(N(C)Cc2cnn(C)c2)nc1. The summed E-state index contributed by atoms with van der Waals surface area (Å²) in [6, 6.07) is 3.81. The second kappa shape index (κ2) is 5.18. The minimum atomic E-state index is -0.477. The van der Waals surface area contributed by atoms with Gasteiger partial charge in [0.2, 0.25) is 0 Å². The number of aliphatic hydroxyl groups is 1. The maximum atomic E-state index is 9.43. The molecule has 0 unspecified atom stereocenters. The van der Waals surface area contributed by atoms with Gasteiger partial charge in [-0.1, -0.05) is 6.07 Å². The zero-order valence-corrected chi connectivity index (χ0v) is 10.9. The second-order valence-electron chi connectivity index (χ2n) is 4.50. The lowest BCUT2D eigenvalue weighted by atomic mass is 10.2.